The smallest absolute Gasteiger partial charge is 0.0632 e. The third-order valence-corrected chi connectivity index (χ3v) is 8.50. The molecule has 0 spiro atoms. The third-order valence-electron chi connectivity index (χ3n) is 8.50. The van der Waals surface area contributed by atoms with E-state index in [1.54, 1.807) is 0 Å². The van der Waals surface area contributed by atoms with Crippen LogP contribution in [-0.2, 0) is 0 Å². The van der Waals surface area contributed by atoms with Crippen molar-refractivity contribution in [3.63, 3.8) is 0 Å². The molecule has 0 radical (unpaired) electrons. The summed E-state index contributed by atoms with van der Waals surface area (Å²) < 4.78 is 0. The molecule has 0 aromatic rings. The molecule has 2 N–H and O–H groups in total. The molecular formula is C19H31NO2. The molecule has 4 aliphatic carbocycles. The summed E-state index contributed by atoms with van der Waals surface area (Å²) in [6, 6.07) is 0. The Balaban J connectivity index is 1.63. The minimum Gasteiger partial charge on any atom is -0.411 e. The van der Waals surface area contributed by atoms with Gasteiger partial charge in [-0.05, 0) is 86.9 Å². The number of rotatable bonds is 0. The van der Waals surface area contributed by atoms with Gasteiger partial charge in [0.05, 0.1) is 11.8 Å². The molecule has 4 fully saturated rings. The molecule has 0 aromatic carbocycles. The first-order chi connectivity index (χ1) is 10.5. The van der Waals surface area contributed by atoms with Crippen molar-refractivity contribution in [1.29, 1.82) is 0 Å². The zero-order valence-electron chi connectivity index (χ0n) is 14.1. The van der Waals surface area contributed by atoms with E-state index in [-0.39, 0.29) is 11.5 Å². The highest BCUT2D eigenvalue weighted by Crippen LogP contribution is 2.65. The standard InChI is InChI=1S/C19H31NO2/c1-18-9-7-13(21)11-12(18)3-4-14-15-5-6-17(20-22)19(15,2)10-8-16(14)18/h12-16,21-22H,3-11H2,1-2H3/t12-,13-,14-,15-,16-,18-,19-/m0/s1. The van der Waals surface area contributed by atoms with Gasteiger partial charge in [0.2, 0.25) is 0 Å². The summed E-state index contributed by atoms with van der Waals surface area (Å²) in [6.07, 6.45) is 10.5. The quantitative estimate of drug-likeness (QED) is 0.520. The van der Waals surface area contributed by atoms with Crippen LogP contribution in [0.2, 0.25) is 0 Å². The van der Waals surface area contributed by atoms with Gasteiger partial charge in [0.15, 0.2) is 0 Å². The van der Waals surface area contributed by atoms with Gasteiger partial charge in [-0.2, -0.15) is 0 Å². The van der Waals surface area contributed by atoms with E-state index >= 15 is 0 Å². The van der Waals surface area contributed by atoms with Crippen LogP contribution in [0.3, 0.4) is 0 Å². The molecule has 0 aliphatic heterocycles. The SMILES string of the molecule is C[C@]12CC[C@H](O)C[C@@H]1CC[C@@H]1[C@@H]2CC[C@]2(C)C(=NO)CC[C@@H]12. The van der Waals surface area contributed by atoms with Crippen molar-refractivity contribution in [2.75, 3.05) is 0 Å². The Labute approximate surface area is 134 Å². The van der Waals surface area contributed by atoms with E-state index in [1.807, 2.05) is 0 Å². The maximum absolute atomic E-state index is 10.1. The van der Waals surface area contributed by atoms with Crippen LogP contribution >= 0.6 is 0 Å². The molecule has 0 saturated heterocycles. The van der Waals surface area contributed by atoms with Gasteiger partial charge in [-0.25, -0.2) is 0 Å². The average Bonchev–Trinajstić information content (AvgIpc) is 2.84. The second-order valence-electron chi connectivity index (χ2n) is 9.13. The highest BCUT2D eigenvalue weighted by Gasteiger charge is 2.59. The lowest BCUT2D eigenvalue weighted by Gasteiger charge is -2.60. The molecule has 124 valence electrons. The summed E-state index contributed by atoms with van der Waals surface area (Å²) in [5.41, 5.74) is 1.68. The van der Waals surface area contributed by atoms with Crippen molar-refractivity contribution in [1.82, 2.24) is 0 Å². The zero-order valence-corrected chi connectivity index (χ0v) is 14.1. The number of hydrogen-bond acceptors (Lipinski definition) is 3. The lowest BCUT2D eigenvalue weighted by molar-refractivity contribution is -0.114. The largest absolute Gasteiger partial charge is 0.411 e. The summed E-state index contributed by atoms with van der Waals surface area (Å²) >= 11 is 0. The maximum atomic E-state index is 10.1. The van der Waals surface area contributed by atoms with E-state index in [0.29, 0.717) is 5.41 Å². The summed E-state index contributed by atoms with van der Waals surface area (Å²) in [4.78, 5) is 0. The Morgan fingerprint density at radius 3 is 2.59 bits per heavy atom. The van der Waals surface area contributed by atoms with Crippen molar-refractivity contribution in [2.45, 2.75) is 77.7 Å². The summed E-state index contributed by atoms with van der Waals surface area (Å²) in [5.74, 6) is 3.10. The van der Waals surface area contributed by atoms with Crippen LogP contribution in [-0.4, -0.2) is 22.1 Å². The van der Waals surface area contributed by atoms with Gasteiger partial charge in [-0.1, -0.05) is 19.0 Å². The van der Waals surface area contributed by atoms with Gasteiger partial charge in [0.25, 0.3) is 0 Å². The molecule has 22 heavy (non-hydrogen) atoms. The Bertz CT molecular complexity index is 490. The van der Waals surface area contributed by atoms with Gasteiger partial charge in [-0.3, -0.25) is 0 Å². The minimum absolute atomic E-state index is 0.0527. The van der Waals surface area contributed by atoms with E-state index < -0.39 is 0 Å². The molecule has 3 nitrogen and oxygen atoms in total. The number of hydrogen-bond donors (Lipinski definition) is 2. The average molecular weight is 305 g/mol. The molecule has 0 aromatic heterocycles. The molecule has 0 heterocycles. The first kappa shape index (κ1) is 15.0. The number of nitrogens with zero attached hydrogens (tertiary/aromatic N) is 1. The lowest BCUT2D eigenvalue weighted by Crippen LogP contribution is -2.54. The van der Waals surface area contributed by atoms with E-state index in [2.05, 4.69) is 19.0 Å². The summed E-state index contributed by atoms with van der Waals surface area (Å²) in [6.45, 7) is 4.88. The monoisotopic (exact) mass is 305 g/mol. The second kappa shape index (κ2) is 4.96. The zero-order chi connectivity index (χ0) is 15.5. The van der Waals surface area contributed by atoms with Gasteiger partial charge in [0, 0.05) is 5.41 Å². The second-order valence-corrected chi connectivity index (χ2v) is 9.13. The predicted octanol–water partition coefficient (Wildman–Crippen LogP) is 4.22. The van der Waals surface area contributed by atoms with E-state index in [0.717, 1.165) is 48.6 Å². The normalized spacial score (nSPS) is 56.3. The number of oxime groups is 1. The fraction of sp³-hybridized carbons (Fsp3) is 0.947. The Kier molecular flexibility index (Phi) is 3.38. The molecule has 4 aliphatic rings. The third kappa shape index (κ3) is 1.87. The van der Waals surface area contributed by atoms with Gasteiger partial charge in [-0.15, -0.1) is 0 Å². The van der Waals surface area contributed by atoms with E-state index in [4.69, 9.17) is 0 Å². The van der Waals surface area contributed by atoms with Crippen molar-refractivity contribution < 1.29 is 10.3 Å². The topological polar surface area (TPSA) is 52.8 Å². The number of aliphatic hydroxyl groups is 1. The van der Waals surface area contributed by atoms with E-state index in [1.165, 1.54) is 38.5 Å². The number of fused-ring (bicyclic) bond motifs is 5. The molecule has 7 atom stereocenters. The van der Waals surface area contributed by atoms with Crippen molar-refractivity contribution >= 4 is 5.71 Å². The highest BCUT2D eigenvalue weighted by molar-refractivity contribution is 5.91. The molecular weight excluding hydrogens is 274 g/mol. The predicted molar refractivity (Wildman–Crippen MR) is 87.0 cm³/mol. The molecule has 4 saturated carbocycles. The molecule has 0 amide bonds. The van der Waals surface area contributed by atoms with Crippen LogP contribution in [0.1, 0.15) is 71.6 Å². The molecule has 3 heteroatoms. The fourth-order valence-electron chi connectivity index (χ4n) is 7.19. The van der Waals surface area contributed by atoms with Crippen molar-refractivity contribution in [3.8, 4) is 0 Å². The van der Waals surface area contributed by atoms with Crippen molar-refractivity contribution in [2.24, 2.45) is 39.7 Å². The van der Waals surface area contributed by atoms with Crippen LogP contribution in [0.4, 0.5) is 0 Å². The van der Waals surface area contributed by atoms with Gasteiger partial charge in [0.1, 0.15) is 0 Å². The molecule has 0 unspecified atom stereocenters. The highest BCUT2D eigenvalue weighted by atomic mass is 16.4. The van der Waals surface area contributed by atoms with Crippen LogP contribution in [0.15, 0.2) is 5.16 Å². The van der Waals surface area contributed by atoms with Crippen LogP contribution in [0.5, 0.6) is 0 Å². The Hall–Kier alpha value is -0.570. The lowest BCUT2D eigenvalue weighted by atomic mass is 9.45. The van der Waals surface area contributed by atoms with Crippen LogP contribution < -0.4 is 0 Å². The van der Waals surface area contributed by atoms with Gasteiger partial charge >= 0.3 is 0 Å². The Morgan fingerprint density at radius 2 is 1.82 bits per heavy atom. The van der Waals surface area contributed by atoms with Gasteiger partial charge < -0.3 is 10.3 Å². The first-order valence-corrected chi connectivity index (χ1v) is 9.38. The number of aliphatic hydroxyl groups excluding tert-OH is 1. The molecule has 0 bridgehead atoms. The summed E-state index contributed by atoms with van der Waals surface area (Å²) in [7, 11) is 0. The fourth-order valence-corrected chi connectivity index (χ4v) is 7.19. The minimum atomic E-state index is -0.0527. The first-order valence-electron chi connectivity index (χ1n) is 9.38. The van der Waals surface area contributed by atoms with E-state index in [9.17, 15) is 10.3 Å². The van der Waals surface area contributed by atoms with Crippen molar-refractivity contribution in [3.05, 3.63) is 0 Å². The Morgan fingerprint density at radius 1 is 1.00 bits per heavy atom. The maximum Gasteiger partial charge on any atom is 0.0632 e. The van der Waals surface area contributed by atoms with Crippen LogP contribution in [0, 0.1) is 34.5 Å². The summed E-state index contributed by atoms with van der Waals surface area (Å²) in [5, 5.41) is 23.1. The van der Waals surface area contributed by atoms with Crippen LogP contribution in [0.25, 0.3) is 0 Å². The molecule has 4 rings (SSSR count).